The second-order valence-electron chi connectivity index (χ2n) is 6.44. The fourth-order valence-electron chi connectivity index (χ4n) is 3.91. The number of rotatable bonds is 5. The zero-order valence-corrected chi connectivity index (χ0v) is 16.7. The summed E-state index contributed by atoms with van der Waals surface area (Å²) in [7, 11) is 0. The number of allylic oxidation sites excluding steroid dienone is 2. The van der Waals surface area contributed by atoms with Crippen LogP contribution in [0.2, 0.25) is 10.0 Å². The van der Waals surface area contributed by atoms with E-state index in [1.165, 1.54) is 0 Å². The quantitative estimate of drug-likeness (QED) is 0.610. The summed E-state index contributed by atoms with van der Waals surface area (Å²) in [5.41, 5.74) is 2.39. The van der Waals surface area contributed by atoms with Crippen molar-refractivity contribution in [2.24, 2.45) is 5.41 Å². The molecule has 4 nitrogen and oxygen atoms in total. The number of carboxylic acids is 1. The molecule has 0 radical (unpaired) electrons. The maximum absolute atomic E-state index is 12.1. The highest BCUT2D eigenvalue weighted by Crippen LogP contribution is 2.66. The monoisotopic (exact) mass is 446 g/mol. The van der Waals surface area contributed by atoms with Gasteiger partial charge < -0.3 is 9.84 Å². The van der Waals surface area contributed by atoms with Gasteiger partial charge in [0.05, 0.1) is 5.02 Å². The van der Waals surface area contributed by atoms with Gasteiger partial charge in [0.1, 0.15) is 10.8 Å². The van der Waals surface area contributed by atoms with E-state index in [9.17, 15) is 9.59 Å². The van der Waals surface area contributed by atoms with Gasteiger partial charge in [0, 0.05) is 22.2 Å². The Labute approximate surface area is 164 Å². The molecule has 0 saturated heterocycles. The number of ketones is 1. The number of hydrogen-bond donors (Lipinski definition) is 1. The molecule has 0 aromatic heterocycles. The van der Waals surface area contributed by atoms with Crippen molar-refractivity contribution >= 4 is 56.5 Å². The third-order valence-electron chi connectivity index (χ3n) is 4.94. The second kappa shape index (κ2) is 6.93. The third kappa shape index (κ3) is 3.00. The zero-order valence-electron chi connectivity index (χ0n) is 13.6. The highest BCUT2D eigenvalue weighted by Gasteiger charge is 2.51. The van der Waals surface area contributed by atoms with Crippen LogP contribution >= 0.6 is 39.1 Å². The molecular formula is C18H17BrCl2O4. The molecule has 1 aromatic rings. The van der Waals surface area contributed by atoms with Gasteiger partial charge in [0.15, 0.2) is 12.4 Å². The third-order valence-corrected chi connectivity index (χ3v) is 7.16. The molecule has 0 heterocycles. The molecule has 0 amide bonds. The van der Waals surface area contributed by atoms with Crippen molar-refractivity contribution in [3.63, 3.8) is 0 Å². The van der Waals surface area contributed by atoms with E-state index in [-0.39, 0.29) is 26.8 Å². The lowest BCUT2D eigenvalue weighted by atomic mass is 9.70. The predicted octanol–water partition coefficient (Wildman–Crippen LogP) is 5.44. The van der Waals surface area contributed by atoms with Gasteiger partial charge in [-0.25, -0.2) is 4.79 Å². The Bertz CT molecular complexity index is 790. The number of ether oxygens (including phenoxy) is 1. The van der Waals surface area contributed by atoms with E-state index in [1.54, 1.807) is 12.1 Å². The van der Waals surface area contributed by atoms with Gasteiger partial charge in [-0.1, -0.05) is 52.5 Å². The lowest BCUT2D eigenvalue weighted by molar-refractivity contribution is -0.139. The van der Waals surface area contributed by atoms with Crippen molar-refractivity contribution in [3.05, 3.63) is 33.3 Å². The molecule has 3 rings (SSSR count). The molecule has 0 aliphatic heterocycles. The smallest absolute Gasteiger partial charge is 0.341 e. The van der Waals surface area contributed by atoms with Crippen molar-refractivity contribution in [3.8, 4) is 5.75 Å². The summed E-state index contributed by atoms with van der Waals surface area (Å²) in [6.07, 6.45) is 4.83. The Hall–Kier alpha value is -1.04. The summed E-state index contributed by atoms with van der Waals surface area (Å²) in [6.45, 7) is 1.62. The van der Waals surface area contributed by atoms with E-state index in [0.717, 1.165) is 36.0 Å². The molecule has 1 unspecified atom stereocenters. The SMILES string of the molecule is CCC[C@@]12CCC(=O)C=C1c1c(cc(OCC(=O)O)c(Cl)c1Cl)C2Br. The molecule has 2 aliphatic carbocycles. The van der Waals surface area contributed by atoms with Crippen molar-refractivity contribution in [2.75, 3.05) is 6.61 Å². The van der Waals surface area contributed by atoms with Gasteiger partial charge >= 0.3 is 5.97 Å². The number of carboxylic acid groups (broad SMARTS) is 1. The number of carbonyl (C=O) groups excluding carboxylic acids is 1. The van der Waals surface area contributed by atoms with Crippen LogP contribution in [0.15, 0.2) is 12.1 Å². The normalized spacial score (nSPS) is 24.6. The second-order valence-corrected chi connectivity index (χ2v) is 8.11. The average molecular weight is 448 g/mol. The fourth-order valence-corrected chi connectivity index (χ4v) is 5.49. The summed E-state index contributed by atoms with van der Waals surface area (Å²) in [4.78, 5) is 22.8. The van der Waals surface area contributed by atoms with Crippen molar-refractivity contribution in [1.82, 2.24) is 0 Å². The average Bonchev–Trinajstić information content (AvgIpc) is 2.79. The summed E-state index contributed by atoms with van der Waals surface area (Å²) in [5, 5.41) is 9.31. The van der Waals surface area contributed by atoms with Crippen LogP contribution in [0, 0.1) is 5.41 Å². The van der Waals surface area contributed by atoms with E-state index < -0.39 is 12.6 Å². The first kappa shape index (κ1) is 18.7. The van der Waals surface area contributed by atoms with Gasteiger partial charge in [-0.3, -0.25) is 4.79 Å². The Morgan fingerprint density at radius 2 is 2.16 bits per heavy atom. The van der Waals surface area contributed by atoms with Gasteiger partial charge in [0.25, 0.3) is 0 Å². The minimum atomic E-state index is -1.09. The van der Waals surface area contributed by atoms with Crippen molar-refractivity contribution < 1.29 is 19.4 Å². The van der Waals surface area contributed by atoms with E-state index in [4.69, 9.17) is 33.0 Å². The van der Waals surface area contributed by atoms with Gasteiger partial charge in [-0.2, -0.15) is 0 Å². The summed E-state index contributed by atoms with van der Waals surface area (Å²) in [6, 6.07) is 1.74. The summed E-state index contributed by atoms with van der Waals surface area (Å²) in [5.74, 6) is -0.755. The minimum absolute atomic E-state index is 0.0313. The van der Waals surface area contributed by atoms with Gasteiger partial charge in [-0.15, -0.1) is 0 Å². The number of benzene rings is 1. The topological polar surface area (TPSA) is 63.6 Å². The first-order chi connectivity index (χ1) is 11.8. The maximum atomic E-state index is 12.1. The molecular weight excluding hydrogens is 431 g/mol. The molecule has 0 saturated carbocycles. The van der Waals surface area contributed by atoms with Crippen LogP contribution in [-0.2, 0) is 9.59 Å². The Kier molecular flexibility index (Phi) is 5.20. The van der Waals surface area contributed by atoms with Crippen LogP contribution in [0.5, 0.6) is 5.75 Å². The lowest BCUT2D eigenvalue weighted by Crippen LogP contribution is -2.27. The number of aliphatic carboxylic acids is 1. The number of fused-ring (bicyclic) bond motifs is 3. The Morgan fingerprint density at radius 3 is 2.80 bits per heavy atom. The number of alkyl halides is 1. The lowest BCUT2D eigenvalue weighted by Gasteiger charge is -2.36. The molecule has 2 aliphatic rings. The van der Waals surface area contributed by atoms with E-state index in [1.807, 2.05) is 0 Å². The van der Waals surface area contributed by atoms with Crippen molar-refractivity contribution in [1.29, 1.82) is 0 Å². The van der Waals surface area contributed by atoms with E-state index in [2.05, 4.69) is 22.9 Å². The van der Waals surface area contributed by atoms with E-state index >= 15 is 0 Å². The Morgan fingerprint density at radius 1 is 1.44 bits per heavy atom. The first-order valence-corrected chi connectivity index (χ1v) is 9.75. The number of hydrogen-bond acceptors (Lipinski definition) is 3. The van der Waals surface area contributed by atoms with Crippen LogP contribution in [0.25, 0.3) is 5.57 Å². The highest BCUT2D eigenvalue weighted by atomic mass is 79.9. The van der Waals surface area contributed by atoms with Crippen LogP contribution < -0.4 is 4.74 Å². The van der Waals surface area contributed by atoms with Crippen molar-refractivity contribution in [2.45, 2.75) is 37.4 Å². The molecule has 1 N–H and O–H groups in total. The standard InChI is InChI=1S/C18H17BrCl2O4/c1-2-4-18-5-3-9(22)6-11(18)14-10(17(18)19)7-12(15(20)16(14)21)25-8-13(23)24/h6-7,17H,2-5,8H2,1H3,(H,23,24)/t17?,18-/m1/s1. The molecule has 25 heavy (non-hydrogen) atoms. The molecule has 0 spiro atoms. The van der Waals surface area contributed by atoms with E-state index in [0.29, 0.717) is 11.4 Å². The molecule has 0 bridgehead atoms. The number of halogens is 3. The molecule has 0 fully saturated rings. The fraction of sp³-hybridized carbons (Fsp3) is 0.444. The van der Waals surface area contributed by atoms with Gasteiger partial charge in [-0.05, 0) is 36.1 Å². The molecule has 134 valence electrons. The Balaban J connectivity index is 2.17. The number of carbonyl (C=O) groups is 2. The minimum Gasteiger partial charge on any atom is -0.480 e. The zero-order chi connectivity index (χ0) is 18.4. The van der Waals surface area contributed by atoms with Crippen LogP contribution in [0.3, 0.4) is 0 Å². The molecule has 2 atom stereocenters. The maximum Gasteiger partial charge on any atom is 0.341 e. The largest absolute Gasteiger partial charge is 0.480 e. The van der Waals surface area contributed by atoms with Crippen LogP contribution in [0.4, 0.5) is 0 Å². The highest BCUT2D eigenvalue weighted by molar-refractivity contribution is 9.09. The first-order valence-electron chi connectivity index (χ1n) is 8.07. The van der Waals surface area contributed by atoms with Gasteiger partial charge in [0.2, 0.25) is 0 Å². The predicted molar refractivity (Wildman–Crippen MR) is 101 cm³/mol. The van der Waals surface area contributed by atoms with Crippen LogP contribution in [0.1, 0.15) is 48.6 Å². The molecule has 1 aromatic carbocycles. The summed E-state index contributed by atoms with van der Waals surface area (Å²) >= 11 is 16.6. The summed E-state index contributed by atoms with van der Waals surface area (Å²) < 4.78 is 5.30. The molecule has 7 heteroatoms. The van der Waals surface area contributed by atoms with Crippen LogP contribution in [-0.4, -0.2) is 23.5 Å².